The number of H-pyrrole nitrogens is 1. The van der Waals surface area contributed by atoms with Gasteiger partial charge in [-0.05, 0) is 18.2 Å². The van der Waals surface area contributed by atoms with Gasteiger partial charge in [-0.2, -0.15) is 0 Å². The highest BCUT2D eigenvalue weighted by Gasteiger charge is 2.16. The molecule has 12 nitrogen and oxygen atoms in total. The van der Waals surface area contributed by atoms with Gasteiger partial charge in [-0.25, -0.2) is 9.97 Å². The molecule has 0 unspecified atom stereocenters. The number of benzene rings is 1. The number of amides is 2. The first-order valence-corrected chi connectivity index (χ1v) is 10.2. The molecule has 0 aliphatic heterocycles. The Morgan fingerprint density at radius 3 is 2.81 bits per heavy atom. The summed E-state index contributed by atoms with van der Waals surface area (Å²) >= 11 is 1.31. The van der Waals surface area contributed by atoms with Gasteiger partial charge in [0.2, 0.25) is 11.7 Å². The Morgan fingerprint density at radius 1 is 1.25 bits per heavy atom. The van der Waals surface area contributed by atoms with E-state index in [0.29, 0.717) is 34.3 Å². The molecule has 2 heterocycles. The number of aromatic nitrogens is 4. The van der Waals surface area contributed by atoms with Gasteiger partial charge >= 0.3 is 5.97 Å². The lowest BCUT2D eigenvalue weighted by atomic mass is 10.2. The number of ether oxygens (including phenoxy) is 2. The van der Waals surface area contributed by atoms with Gasteiger partial charge in [0.25, 0.3) is 5.91 Å². The molecule has 0 aliphatic carbocycles. The Balaban J connectivity index is 1.78. The second kappa shape index (κ2) is 11.0. The summed E-state index contributed by atoms with van der Waals surface area (Å²) in [5.74, 6) is -1.67. The third kappa shape index (κ3) is 6.33. The van der Waals surface area contributed by atoms with Crippen LogP contribution in [0.3, 0.4) is 0 Å². The Morgan fingerprint density at radius 2 is 2.09 bits per heavy atom. The van der Waals surface area contributed by atoms with E-state index in [1.165, 1.54) is 17.7 Å². The van der Waals surface area contributed by atoms with Crippen LogP contribution in [0, 0.1) is 0 Å². The maximum absolute atomic E-state index is 12.4. The number of anilines is 1. The smallest absolute Gasteiger partial charge is 0.322 e. The molecule has 0 bridgehead atoms. The van der Waals surface area contributed by atoms with Crippen molar-refractivity contribution in [1.29, 1.82) is 0 Å². The van der Waals surface area contributed by atoms with Crippen LogP contribution in [0.4, 0.5) is 5.69 Å². The average molecular weight is 460 g/mol. The van der Waals surface area contributed by atoms with Crippen molar-refractivity contribution in [2.45, 2.75) is 6.42 Å². The minimum absolute atomic E-state index is 0.0258. The first kappa shape index (κ1) is 22.8. The summed E-state index contributed by atoms with van der Waals surface area (Å²) in [6.07, 6.45) is 1.25. The van der Waals surface area contributed by atoms with E-state index in [1.54, 1.807) is 30.7 Å². The Labute approximate surface area is 186 Å². The van der Waals surface area contributed by atoms with E-state index in [2.05, 4.69) is 30.8 Å². The van der Waals surface area contributed by atoms with Crippen LogP contribution in [0.1, 0.15) is 16.3 Å². The summed E-state index contributed by atoms with van der Waals surface area (Å²) in [5, 5.41) is 22.2. The number of nitrogens with one attached hydrogen (secondary N) is 3. The Bertz CT molecular complexity index is 1080. The molecule has 13 heteroatoms. The van der Waals surface area contributed by atoms with Crippen LogP contribution in [0.2, 0.25) is 0 Å². The van der Waals surface area contributed by atoms with Crippen LogP contribution >= 0.6 is 11.3 Å². The number of hydrogen-bond donors (Lipinski definition) is 4. The molecule has 32 heavy (non-hydrogen) atoms. The van der Waals surface area contributed by atoms with Crippen LogP contribution in [0.25, 0.3) is 10.6 Å². The van der Waals surface area contributed by atoms with E-state index in [9.17, 15) is 14.4 Å². The van der Waals surface area contributed by atoms with Gasteiger partial charge in [0.15, 0.2) is 0 Å². The number of carboxylic acids is 1. The second-order valence-corrected chi connectivity index (χ2v) is 7.18. The molecule has 2 aromatic heterocycles. The van der Waals surface area contributed by atoms with Crippen molar-refractivity contribution in [2.24, 2.45) is 0 Å². The van der Waals surface area contributed by atoms with E-state index in [1.807, 2.05) is 0 Å². The lowest BCUT2D eigenvalue weighted by molar-refractivity contribution is -0.137. The van der Waals surface area contributed by atoms with Crippen molar-refractivity contribution in [3.63, 3.8) is 0 Å². The largest absolute Gasteiger partial charge is 0.489 e. The first-order valence-electron chi connectivity index (χ1n) is 9.32. The van der Waals surface area contributed by atoms with Crippen molar-refractivity contribution in [3.05, 3.63) is 41.4 Å². The van der Waals surface area contributed by atoms with Crippen LogP contribution in [-0.4, -0.2) is 69.9 Å². The lowest BCUT2D eigenvalue weighted by Crippen LogP contribution is -2.30. The molecule has 4 N–H and O–H groups in total. The summed E-state index contributed by atoms with van der Waals surface area (Å²) in [5.41, 5.74) is 1.58. The van der Waals surface area contributed by atoms with Gasteiger partial charge in [-0.1, -0.05) is 0 Å². The standard InChI is InChI=1S/C19H20N6O6S/c1-30-4-5-31-14-3-2-11(6-13(14)24-18(29)17-21-10-22-25-17)19-23-12(9-32-19)7-15(26)20-8-16(27)28/h2-3,6,9-10H,4-5,7-8H2,1H3,(H,20,26)(H,24,29)(H,27,28)(H,21,22,25). The molecule has 3 rings (SSSR count). The summed E-state index contributed by atoms with van der Waals surface area (Å²) in [7, 11) is 1.56. The number of methoxy groups -OCH3 is 1. The number of hydrogen-bond acceptors (Lipinski definition) is 9. The van der Waals surface area contributed by atoms with E-state index in [4.69, 9.17) is 14.6 Å². The van der Waals surface area contributed by atoms with Gasteiger partial charge in [0.1, 0.15) is 30.2 Å². The maximum Gasteiger partial charge on any atom is 0.322 e. The molecule has 2 amide bonds. The SMILES string of the molecule is COCCOc1ccc(-c2nc(CC(=O)NCC(=O)O)cs2)cc1NC(=O)c1nc[nH]n1. The van der Waals surface area contributed by atoms with E-state index in [0.717, 1.165) is 0 Å². The first-order chi connectivity index (χ1) is 15.5. The zero-order chi connectivity index (χ0) is 22.9. The fourth-order valence-electron chi connectivity index (χ4n) is 2.54. The third-order valence-electron chi connectivity index (χ3n) is 3.97. The van der Waals surface area contributed by atoms with Crippen LogP contribution in [-0.2, 0) is 20.7 Å². The zero-order valence-electron chi connectivity index (χ0n) is 17.0. The molecule has 0 atom stereocenters. The number of aromatic amines is 1. The predicted octanol–water partition coefficient (Wildman–Crippen LogP) is 0.949. The summed E-state index contributed by atoms with van der Waals surface area (Å²) < 4.78 is 10.7. The Kier molecular flexibility index (Phi) is 7.83. The molecule has 0 saturated heterocycles. The number of rotatable bonds is 11. The Hall–Kier alpha value is -3.84. The number of nitrogens with zero attached hydrogens (tertiary/aromatic N) is 3. The zero-order valence-corrected chi connectivity index (χ0v) is 17.8. The van der Waals surface area contributed by atoms with E-state index in [-0.39, 0.29) is 18.9 Å². The van der Waals surface area contributed by atoms with Crippen LogP contribution < -0.4 is 15.4 Å². The monoisotopic (exact) mass is 460 g/mol. The summed E-state index contributed by atoms with van der Waals surface area (Å²) in [6.45, 7) is 0.205. The predicted molar refractivity (Wildman–Crippen MR) is 114 cm³/mol. The molecule has 0 fully saturated rings. The minimum atomic E-state index is -1.12. The van der Waals surface area contributed by atoms with Crippen LogP contribution in [0.5, 0.6) is 5.75 Å². The number of thiazole rings is 1. The maximum atomic E-state index is 12.4. The van der Waals surface area contributed by atoms with E-state index < -0.39 is 24.3 Å². The fraction of sp³-hybridized carbons (Fsp3) is 0.263. The van der Waals surface area contributed by atoms with E-state index >= 15 is 0 Å². The molecule has 3 aromatic rings. The van der Waals surface area contributed by atoms with Crippen LogP contribution in [0.15, 0.2) is 29.9 Å². The molecule has 0 aliphatic rings. The van der Waals surface area contributed by atoms with Crippen molar-refractivity contribution in [1.82, 2.24) is 25.5 Å². The molecular weight excluding hydrogens is 440 g/mol. The van der Waals surface area contributed by atoms with Crippen molar-refractivity contribution in [2.75, 3.05) is 32.2 Å². The highest BCUT2D eigenvalue weighted by atomic mass is 32.1. The van der Waals surface area contributed by atoms with Crippen molar-refractivity contribution >= 4 is 34.8 Å². The molecular formula is C19H20N6O6S. The van der Waals surface area contributed by atoms with Gasteiger partial charge in [-0.3, -0.25) is 19.5 Å². The molecule has 1 aromatic carbocycles. The quantitative estimate of drug-likeness (QED) is 0.304. The topological polar surface area (TPSA) is 168 Å². The molecule has 0 saturated carbocycles. The van der Waals surface area contributed by atoms with Crippen molar-refractivity contribution in [3.8, 4) is 16.3 Å². The molecule has 168 valence electrons. The van der Waals surface area contributed by atoms with Crippen molar-refractivity contribution < 1.29 is 29.0 Å². The summed E-state index contributed by atoms with van der Waals surface area (Å²) in [4.78, 5) is 43.0. The number of aliphatic carboxylic acids is 1. The second-order valence-electron chi connectivity index (χ2n) is 6.32. The normalized spacial score (nSPS) is 10.5. The van der Waals surface area contributed by atoms with Gasteiger partial charge < -0.3 is 25.2 Å². The summed E-state index contributed by atoms with van der Waals surface area (Å²) in [6, 6.07) is 5.16. The average Bonchev–Trinajstić information content (AvgIpc) is 3.46. The number of carboxylic acid groups (broad SMARTS) is 1. The number of carbonyl (C=O) groups excluding carboxylic acids is 2. The minimum Gasteiger partial charge on any atom is -0.489 e. The fourth-order valence-corrected chi connectivity index (χ4v) is 3.36. The highest BCUT2D eigenvalue weighted by Crippen LogP contribution is 2.32. The molecule has 0 radical (unpaired) electrons. The molecule has 0 spiro atoms. The van der Waals surface area contributed by atoms with Gasteiger partial charge in [0.05, 0.1) is 24.4 Å². The van der Waals surface area contributed by atoms with Gasteiger partial charge in [0, 0.05) is 18.1 Å². The highest BCUT2D eigenvalue weighted by molar-refractivity contribution is 7.13. The third-order valence-corrected chi connectivity index (χ3v) is 4.91. The van der Waals surface area contributed by atoms with Gasteiger partial charge in [-0.15, -0.1) is 16.4 Å². The lowest BCUT2D eigenvalue weighted by Gasteiger charge is -2.13. The number of carbonyl (C=O) groups is 3.